The molecular formula is C10H14O3. The van der Waals surface area contributed by atoms with Gasteiger partial charge in [0.15, 0.2) is 5.78 Å². The number of hydrogen-bond donors (Lipinski definition) is 0. The quantitative estimate of drug-likeness (QED) is 0.455. The summed E-state index contributed by atoms with van der Waals surface area (Å²) in [6, 6.07) is 0. The van der Waals surface area contributed by atoms with Gasteiger partial charge in [0.05, 0.1) is 13.0 Å². The number of rotatable bonds is 1. The fourth-order valence-corrected chi connectivity index (χ4v) is 1.59. The standard InChI is InChI=1S/C10H14O3/c1-3-7-6-8(10(12)13-2)4-5-9(7)11/h3,8H,4-6H2,1-2H3/b7-3+. The van der Waals surface area contributed by atoms with Crippen LogP contribution in [-0.2, 0) is 14.3 Å². The third-order valence-corrected chi connectivity index (χ3v) is 2.43. The first-order valence-corrected chi connectivity index (χ1v) is 4.45. The van der Waals surface area contributed by atoms with Crippen molar-refractivity contribution in [1.29, 1.82) is 0 Å². The number of hydrogen-bond acceptors (Lipinski definition) is 3. The molecule has 1 fully saturated rings. The van der Waals surface area contributed by atoms with E-state index < -0.39 is 0 Å². The molecule has 0 aliphatic heterocycles. The third kappa shape index (κ3) is 2.17. The number of ketones is 1. The maximum Gasteiger partial charge on any atom is 0.309 e. The van der Waals surface area contributed by atoms with Gasteiger partial charge in [-0.3, -0.25) is 9.59 Å². The molecule has 0 aromatic carbocycles. The summed E-state index contributed by atoms with van der Waals surface area (Å²) in [6.45, 7) is 1.83. The smallest absolute Gasteiger partial charge is 0.309 e. The first-order valence-electron chi connectivity index (χ1n) is 4.45. The van der Waals surface area contributed by atoms with Crippen LogP contribution in [-0.4, -0.2) is 18.9 Å². The highest BCUT2D eigenvalue weighted by Crippen LogP contribution is 2.26. The van der Waals surface area contributed by atoms with Gasteiger partial charge in [-0.05, 0) is 25.3 Å². The molecule has 0 aromatic rings. The highest BCUT2D eigenvalue weighted by molar-refractivity contribution is 5.97. The average Bonchev–Trinajstić information content (AvgIpc) is 2.17. The van der Waals surface area contributed by atoms with Crippen LogP contribution in [0.1, 0.15) is 26.2 Å². The van der Waals surface area contributed by atoms with Crippen molar-refractivity contribution in [2.24, 2.45) is 5.92 Å². The monoisotopic (exact) mass is 182 g/mol. The van der Waals surface area contributed by atoms with Gasteiger partial charge in [-0.15, -0.1) is 0 Å². The van der Waals surface area contributed by atoms with Gasteiger partial charge in [-0.1, -0.05) is 6.08 Å². The van der Waals surface area contributed by atoms with Crippen LogP contribution < -0.4 is 0 Å². The minimum Gasteiger partial charge on any atom is -0.469 e. The van der Waals surface area contributed by atoms with E-state index in [0.29, 0.717) is 19.3 Å². The summed E-state index contributed by atoms with van der Waals surface area (Å²) < 4.78 is 4.64. The van der Waals surface area contributed by atoms with E-state index >= 15 is 0 Å². The van der Waals surface area contributed by atoms with Gasteiger partial charge in [0.1, 0.15) is 0 Å². The summed E-state index contributed by atoms with van der Waals surface area (Å²) in [4.78, 5) is 22.4. The number of methoxy groups -OCH3 is 1. The van der Waals surface area contributed by atoms with Gasteiger partial charge in [-0.2, -0.15) is 0 Å². The number of Topliss-reactive ketones (excluding diaryl/α,β-unsaturated/α-hetero) is 1. The predicted octanol–water partition coefficient (Wildman–Crippen LogP) is 1.47. The molecule has 0 radical (unpaired) electrons. The number of ether oxygens (including phenoxy) is 1. The van der Waals surface area contributed by atoms with Crippen molar-refractivity contribution in [3.8, 4) is 0 Å². The number of esters is 1. The Bertz CT molecular complexity index is 253. The molecule has 1 aliphatic carbocycles. The molecule has 72 valence electrons. The fraction of sp³-hybridized carbons (Fsp3) is 0.600. The number of carbonyl (C=O) groups excluding carboxylic acids is 2. The van der Waals surface area contributed by atoms with Crippen molar-refractivity contribution in [2.45, 2.75) is 26.2 Å². The summed E-state index contributed by atoms with van der Waals surface area (Å²) in [6.07, 6.45) is 3.43. The van der Waals surface area contributed by atoms with Crippen LogP contribution in [0.2, 0.25) is 0 Å². The van der Waals surface area contributed by atoms with Crippen molar-refractivity contribution in [2.75, 3.05) is 7.11 Å². The van der Waals surface area contributed by atoms with E-state index in [4.69, 9.17) is 0 Å². The summed E-state index contributed by atoms with van der Waals surface area (Å²) in [5.41, 5.74) is 0.765. The Morgan fingerprint density at radius 3 is 2.85 bits per heavy atom. The van der Waals surface area contributed by atoms with Crippen LogP contribution in [0.15, 0.2) is 11.6 Å². The summed E-state index contributed by atoms with van der Waals surface area (Å²) in [7, 11) is 1.38. The van der Waals surface area contributed by atoms with Crippen LogP contribution >= 0.6 is 0 Å². The second-order valence-electron chi connectivity index (χ2n) is 3.20. The molecule has 1 rings (SSSR count). The topological polar surface area (TPSA) is 43.4 Å². The Balaban J connectivity index is 2.65. The van der Waals surface area contributed by atoms with E-state index in [1.54, 1.807) is 6.08 Å². The van der Waals surface area contributed by atoms with Crippen molar-refractivity contribution in [3.63, 3.8) is 0 Å². The summed E-state index contributed by atoms with van der Waals surface area (Å²) in [5, 5.41) is 0. The molecule has 0 spiro atoms. The lowest BCUT2D eigenvalue weighted by Crippen LogP contribution is -2.24. The second-order valence-corrected chi connectivity index (χ2v) is 3.20. The van der Waals surface area contributed by atoms with Crippen molar-refractivity contribution < 1.29 is 14.3 Å². The Hall–Kier alpha value is -1.12. The normalized spacial score (nSPS) is 26.2. The van der Waals surface area contributed by atoms with Gasteiger partial charge in [0, 0.05) is 6.42 Å². The van der Waals surface area contributed by atoms with Crippen LogP contribution in [0.3, 0.4) is 0 Å². The first kappa shape index (κ1) is 9.96. The predicted molar refractivity (Wildman–Crippen MR) is 48.1 cm³/mol. The highest BCUT2D eigenvalue weighted by atomic mass is 16.5. The zero-order valence-corrected chi connectivity index (χ0v) is 8.00. The molecule has 13 heavy (non-hydrogen) atoms. The molecule has 0 saturated heterocycles. The molecule has 0 N–H and O–H groups in total. The molecule has 3 nitrogen and oxygen atoms in total. The zero-order chi connectivity index (χ0) is 9.84. The first-order chi connectivity index (χ1) is 6.19. The third-order valence-electron chi connectivity index (χ3n) is 2.43. The maximum absolute atomic E-state index is 11.3. The van der Waals surface area contributed by atoms with E-state index in [2.05, 4.69) is 4.74 Å². The van der Waals surface area contributed by atoms with Gasteiger partial charge in [0.25, 0.3) is 0 Å². The largest absolute Gasteiger partial charge is 0.469 e. The van der Waals surface area contributed by atoms with Crippen molar-refractivity contribution in [1.82, 2.24) is 0 Å². The molecule has 0 heterocycles. The van der Waals surface area contributed by atoms with E-state index in [9.17, 15) is 9.59 Å². The molecule has 0 bridgehead atoms. The van der Waals surface area contributed by atoms with E-state index in [-0.39, 0.29) is 17.7 Å². The SMILES string of the molecule is C/C=C1\CC(C(=O)OC)CCC1=O. The average molecular weight is 182 g/mol. The Labute approximate surface area is 77.8 Å². The highest BCUT2D eigenvalue weighted by Gasteiger charge is 2.28. The van der Waals surface area contributed by atoms with Crippen LogP contribution in [0, 0.1) is 5.92 Å². The minimum atomic E-state index is -0.202. The lowest BCUT2D eigenvalue weighted by Gasteiger charge is -2.20. The van der Waals surface area contributed by atoms with Crippen LogP contribution in [0.25, 0.3) is 0 Å². The van der Waals surface area contributed by atoms with E-state index in [0.717, 1.165) is 5.57 Å². The summed E-state index contributed by atoms with van der Waals surface area (Å²) in [5.74, 6) is -0.150. The molecule has 3 heteroatoms. The molecular weight excluding hydrogens is 168 g/mol. The summed E-state index contributed by atoms with van der Waals surface area (Å²) >= 11 is 0. The van der Waals surface area contributed by atoms with E-state index in [1.807, 2.05) is 6.92 Å². The molecule has 1 saturated carbocycles. The molecule has 1 unspecified atom stereocenters. The zero-order valence-electron chi connectivity index (χ0n) is 8.00. The van der Waals surface area contributed by atoms with Crippen LogP contribution in [0.5, 0.6) is 0 Å². The molecule has 0 amide bonds. The lowest BCUT2D eigenvalue weighted by atomic mass is 9.84. The maximum atomic E-state index is 11.3. The Morgan fingerprint density at radius 2 is 2.31 bits per heavy atom. The van der Waals surface area contributed by atoms with Crippen molar-refractivity contribution in [3.05, 3.63) is 11.6 Å². The Morgan fingerprint density at radius 1 is 1.62 bits per heavy atom. The van der Waals surface area contributed by atoms with Gasteiger partial charge < -0.3 is 4.74 Å². The van der Waals surface area contributed by atoms with E-state index in [1.165, 1.54) is 7.11 Å². The molecule has 0 aromatic heterocycles. The van der Waals surface area contributed by atoms with Gasteiger partial charge >= 0.3 is 5.97 Å². The number of allylic oxidation sites excluding steroid dienone is 2. The minimum absolute atomic E-state index is 0.117. The molecule has 1 aliphatic rings. The van der Waals surface area contributed by atoms with Gasteiger partial charge in [0.2, 0.25) is 0 Å². The fourth-order valence-electron chi connectivity index (χ4n) is 1.59. The lowest BCUT2D eigenvalue weighted by molar-refractivity contribution is -0.146. The van der Waals surface area contributed by atoms with Crippen LogP contribution in [0.4, 0.5) is 0 Å². The molecule has 1 atom stereocenters. The second kappa shape index (κ2) is 4.21. The van der Waals surface area contributed by atoms with Crippen molar-refractivity contribution >= 4 is 11.8 Å². The van der Waals surface area contributed by atoms with Gasteiger partial charge in [-0.25, -0.2) is 0 Å². The Kier molecular flexibility index (Phi) is 3.23. The number of carbonyl (C=O) groups is 2.